The predicted molar refractivity (Wildman–Crippen MR) is 103 cm³/mol. The highest BCUT2D eigenvalue weighted by molar-refractivity contribution is 7.90. The average Bonchev–Trinajstić information content (AvgIpc) is 3.22. The second-order valence-electron chi connectivity index (χ2n) is 7.12. The van der Waals surface area contributed by atoms with E-state index in [1.165, 1.54) is 30.0 Å². The summed E-state index contributed by atoms with van der Waals surface area (Å²) >= 11 is 6.19. The van der Waals surface area contributed by atoms with E-state index in [0.29, 0.717) is 11.8 Å². The number of hydrogen-bond acceptors (Lipinski definition) is 4. The molecule has 2 atom stereocenters. The number of fused-ring (bicyclic) bond motifs is 1. The lowest BCUT2D eigenvalue weighted by Crippen LogP contribution is -2.38. The van der Waals surface area contributed by atoms with Gasteiger partial charge >= 0.3 is 0 Å². The average molecular weight is 392 g/mol. The third-order valence-corrected chi connectivity index (χ3v) is 6.90. The molecule has 4 nitrogen and oxygen atoms in total. The minimum atomic E-state index is -3.35. The molecule has 1 saturated heterocycles. The van der Waals surface area contributed by atoms with Crippen LogP contribution in [0.5, 0.6) is 5.75 Å². The number of benzene rings is 2. The molecule has 138 valence electrons. The van der Waals surface area contributed by atoms with Crippen molar-refractivity contribution in [3.05, 3.63) is 58.6 Å². The lowest BCUT2D eigenvalue weighted by molar-refractivity contribution is 0.0941. The van der Waals surface area contributed by atoms with Crippen molar-refractivity contribution in [1.82, 2.24) is 4.90 Å². The summed E-state index contributed by atoms with van der Waals surface area (Å²) in [6, 6.07) is 13.6. The third kappa shape index (κ3) is 3.36. The molecule has 0 radical (unpaired) electrons. The summed E-state index contributed by atoms with van der Waals surface area (Å²) in [5, 5.41) is 0.203. The van der Waals surface area contributed by atoms with E-state index in [9.17, 15) is 8.42 Å². The molecule has 1 aliphatic heterocycles. The number of rotatable bonds is 4. The van der Waals surface area contributed by atoms with Crippen LogP contribution in [0.3, 0.4) is 0 Å². The third-order valence-electron chi connectivity index (χ3n) is 5.32. The van der Waals surface area contributed by atoms with Gasteiger partial charge in [0.2, 0.25) is 0 Å². The normalized spacial score (nSPS) is 23.2. The topological polar surface area (TPSA) is 46.6 Å². The fourth-order valence-electron chi connectivity index (χ4n) is 4.08. The lowest BCUT2D eigenvalue weighted by Gasteiger charge is -2.30. The number of sulfone groups is 1. The van der Waals surface area contributed by atoms with Crippen LogP contribution < -0.4 is 4.74 Å². The van der Waals surface area contributed by atoms with E-state index in [1.54, 1.807) is 12.1 Å². The maximum Gasteiger partial charge on any atom is 0.176 e. The lowest BCUT2D eigenvalue weighted by atomic mass is 10.1. The molecule has 2 aromatic carbocycles. The fraction of sp³-hybridized carbons (Fsp3) is 0.400. The summed E-state index contributed by atoms with van der Waals surface area (Å²) in [5.74, 6) is 0.605. The van der Waals surface area contributed by atoms with Crippen LogP contribution in [0.2, 0.25) is 5.02 Å². The Kier molecular flexibility index (Phi) is 4.71. The Hall–Kier alpha value is -1.56. The molecule has 6 heteroatoms. The zero-order valence-electron chi connectivity index (χ0n) is 14.7. The molecule has 0 saturated carbocycles. The minimum absolute atomic E-state index is 0.0653. The van der Waals surface area contributed by atoms with E-state index >= 15 is 0 Å². The number of hydrogen-bond donors (Lipinski definition) is 0. The van der Waals surface area contributed by atoms with E-state index < -0.39 is 9.84 Å². The van der Waals surface area contributed by atoms with Crippen molar-refractivity contribution in [2.24, 2.45) is 0 Å². The Balaban J connectivity index is 1.65. The standard InChI is InChI=1S/C20H22ClNO3S/c1-26(23,24)19-9-8-15(13-17(19)21)25-20-16-7-3-2-6-14(16)12-18(20)22-10-4-5-11-22/h2-3,6-9,13,18,20H,4-5,10-12H2,1H3. The van der Waals surface area contributed by atoms with E-state index in [0.717, 1.165) is 25.8 Å². The molecule has 0 N–H and O–H groups in total. The SMILES string of the molecule is CS(=O)(=O)c1ccc(OC2c3ccccc3CC2N2CCCC2)cc1Cl. The van der Waals surface area contributed by atoms with Gasteiger partial charge in [0.1, 0.15) is 11.9 Å². The van der Waals surface area contributed by atoms with Crippen molar-refractivity contribution in [1.29, 1.82) is 0 Å². The highest BCUT2D eigenvalue weighted by Crippen LogP contribution is 2.39. The maximum atomic E-state index is 11.8. The molecule has 0 spiro atoms. The molecular formula is C20H22ClNO3S. The Morgan fingerprint density at radius 3 is 2.54 bits per heavy atom. The number of nitrogens with zero attached hydrogens (tertiary/aromatic N) is 1. The number of ether oxygens (including phenoxy) is 1. The van der Waals surface area contributed by atoms with Gasteiger partial charge in [-0.05, 0) is 55.6 Å². The molecule has 1 fully saturated rings. The number of likely N-dealkylation sites (tertiary alicyclic amines) is 1. The molecule has 2 aromatic rings. The Labute approximate surface area is 159 Å². The van der Waals surface area contributed by atoms with Gasteiger partial charge in [0.25, 0.3) is 0 Å². The minimum Gasteiger partial charge on any atom is -0.484 e. The Morgan fingerprint density at radius 1 is 1.12 bits per heavy atom. The summed E-state index contributed by atoms with van der Waals surface area (Å²) in [6.07, 6.45) is 4.54. The summed E-state index contributed by atoms with van der Waals surface area (Å²) < 4.78 is 29.9. The first kappa shape index (κ1) is 17.8. The van der Waals surface area contributed by atoms with Gasteiger partial charge in [-0.2, -0.15) is 0 Å². The first-order valence-corrected chi connectivity index (χ1v) is 11.2. The van der Waals surface area contributed by atoms with Crippen LogP contribution in [-0.4, -0.2) is 38.7 Å². The predicted octanol–water partition coefficient (Wildman–Crippen LogP) is 3.88. The Morgan fingerprint density at radius 2 is 1.85 bits per heavy atom. The van der Waals surface area contributed by atoms with Crippen LogP contribution in [0.25, 0.3) is 0 Å². The van der Waals surface area contributed by atoms with Crippen molar-refractivity contribution in [2.45, 2.75) is 36.3 Å². The molecule has 0 bridgehead atoms. The van der Waals surface area contributed by atoms with Gasteiger partial charge in [0.05, 0.1) is 16.0 Å². The van der Waals surface area contributed by atoms with E-state index in [-0.39, 0.29) is 16.0 Å². The van der Waals surface area contributed by atoms with Crippen LogP contribution in [0.4, 0.5) is 0 Å². The molecular weight excluding hydrogens is 370 g/mol. The summed E-state index contributed by atoms with van der Waals surface area (Å²) in [7, 11) is -3.35. The van der Waals surface area contributed by atoms with Gasteiger partial charge in [-0.15, -0.1) is 0 Å². The quantitative estimate of drug-likeness (QED) is 0.793. The van der Waals surface area contributed by atoms with Crippen LogP contribution >= 0.6 is 11.6 Å². The van der Waals surface area contributed by atoms with E-state index in [1.807, 2.05) is 6.07 Å². The fourth-order valence-corrected chi connectivity index (χ4v) is 5.39. The van der Waals surface area contributed by atoms with Crippen LogP contribution in [-0.2, 0) is 16.3 Å². The molecule has 2 unspecified atom stereocenters. The summed E-state index contributed by atoms with van der Waals surface area (Å²) in [4.78, 5) is 2.64. The van der Waals surface area contributed by atoms with Gasteiger partial charge in [-0.25, -0.2) is 8.42 Å². The van der Waals surface area contributed by atoms with Crippen molar-refractivity contribution < 1.29 is 13.2 Å². The van der Waals surface area contributed by atoms with Gasteiger partial charge in [0, 0.05) is 12.3 Å². The van der Waals surface area contributed by atoms with Crippen molar-refractivity contribution in [2.75, 3.05) is 19.3 Å². The zero-order chi connectivity index (χ0) is 18.3. The second kappa shape index (κ2) is 6.87. The highest BCUT2D eigenvalue weighted by atomic mass is 35.5. The van der Waals surface area contributed by atoms with Crippen molar-refractivity contribution >= 4 is 21.4 Å². The van der Waals surface area contributed by atoms with E-state index in [2.05, 4.69) is 23.1 Å². The Bertz CT molecular complexity index is 922. The van der Waals surface area contributed by atoms with Crippen LogP contribution in [0, 0.1) is 0 Å². The van der Waals surface area contributed by atoms with Crippen molar-refractivity contribution in [3.8, 4) is 5.75 Å². The molecule has 0 aromatic heterocycles. The first-order chi connectivity index (χ1) is 12.4. The second-order valence-corrected chi connectivity index (χ2v) is 9.51. The smallest absolute Gasteiger partial charge is 0.176 e. The van der Waals surface area contributed by atoms with Crippen molar-refractivity contribution in [3.63, 3.8) is 0 Å². The zero-order valence-corrected chi connectivity index (χ0v) is 16.3. The molecule has 0 amide bonds. The van der Waals surface area contributed by atoms with Gasteiger partial charge < -0.3 is 4.74 Å². The monoisotopic (exact) mass is 391 g/mol. The molecule has 4 rings (SSSR count). The number of halogens is 1. The molecule has 1 heterocycles. The summed E-state index contributed by atoms with van der Waals surface area (Å²) in [6.45, 7) is 2.21. The highest BCUT2D eigenvalue weighted by Gasteiger charge is 2.38. The van der Waals surface area contributed by atoms with E-state index in [4.69, 9.17) is 16.3 Å². The largest absolute Gasteiger partial charge is 0.484 e. The summed E-state index contributed by atoms with van der Waals surface area (Å²) in [5.41, 5.74) is 2.54. The molecule has 1 aliphatic carbocycles. The maximum absolute atomic E-state index is 11.8. The van der Waals surface area contributed by atoms with Crippen LogP contribution in [0.15, 0.2) is 47.4 Å². The first-order valence-electron chi connectivity index (χ1n) is 8.91. The van der Waals surface area contributed by atoms with Gasteiger partial charge in [0.15, 0.2) is 9.84 Å². The molecule has 26 heavy (non-hydrogen) atoms. The molecule has 2 aliphatic rings. The van der Waals surface area contributed by atoms with Gasteiger partial charge in [-0.3, -0.25) is 4.90 Å². The van der Waals surface area contributed by atoms with Crippen LogP contribution in [0.1, 0.15) is 30.1 Å². The van der Waals surface area contributed by atoms with Gasteiger partial charge in [-0.1, -0.05) is 35.9 Å².